The molecule has 7 nitrogen and oxygen atoms in total. The summed E-state index contributed by atoms with van der Waals surface area (Å²) in [6.07, 6.45) is 22.4. The Morgan fingerprint density at radius 2 is 1.54 bits per heavy atom. The van der Waals surface area contributed by atoms with Gasteiger partial charge in [0, 0.05) is 38.4 Å². The maximum atomic E-state index is 12.7. The van der Waals surface area contributed by atoms with Gasteiger partial charge in [0.2, 0.25) is 11.8 Å². The standard InChI is InChI=1S/C28H49N3O4/c1-4-5-6-7-8-9-10-11-12-13-14-15-16-17-18-19-27(33)31-23-24(22-25(31)28(34)35)29-26(32)20-21-30(2)3/h8-9,11-12,24-25H,4-7,10,13-23H2,1-3H3,(H,29,32)(H,34,35)/b9-8-,12-11-/t24-,25+/m1/s1. The number of carbonyl (C=O) groups is 3. The van der Waals surface area contributed by atoms with Gasteiger partial charge in [-0.05, 0) is 52.6 Å². The molecule has 0 saturated carbocycles. The third-order valence-electron chi connectivity index (χ3n) is 6.40. The molecule has 0 aromatic heterocycles. The molecule has 35 heavy (non-hydrogen) atoms. The van der Waals surface area contributed by atoms with E-state index < -0.39 is 12.0 Å². The average Bonchev–Trinajstić information content (AvgIpc) is 3.24. The molecule has 1 rings (SSSR count). The molecular weight excluding hydrogens is 442 g/mol. The summed E-state index contributed by atoms with van der Waals surface area (Å²) in [5.41, 5.74) is 0. The summed E-state index contributed by atoms with van der Waals surface area (Å²) in [7, 11) is 3.80. The minimum absolute atomic E-state index is 0.101. The smallest absolute Gasteiger partial charge is 0.326 e. The first-order valence-electron chi connectivity index (χ1n) is 13.6. The number of nitrogens with one attached hydrogen (secondary N) is 1. The van der Waals surface area contributed by atoms with Crippen molar-refractivity contribution in [2.45, 2.75) is 109 Å². The second-order valence-electron chi connectivity index (χ2n) is 9.93. The van der Waals surface area contributed by atoms with Crippen LogP contribution in [0.5, 0.6) is 0 Å². The lowest BCUT2D eigenvalue weighted by Crippen LogP contribution is -2.41. The van der Waals surface area contributed by atoms with Crippen LogP contribution >= 0.6 is 0 Å². The number of aliphatic carboxylic acids is 1. The van der Waals surface area contributed by atoms with Gasteiger partial charge in [0.25, 0.3) is 0 Å². The van der Waals surface area contributed by atoms with Gasteiger partial charge in [0.05, 0.1) is 0 Å². The third kappa shape index (κ3) is 14.8. The van der Waals surface area contributed by atoms with Crippen LogP contribution in [-0.4, -0.2) is 72.0 Å². The van der Waals surface area contributed by atoms with Crippen molar-refractivity contribution in [2.75, 3.05) is 27.2 Å². The van der Waals surface area contributed by atoms with Crippen LogP contribution in [0.3, 0.4) is 0 Å². The molecule has 7 heteroatoms. The third-order valence-corrected chi connectivity index (χ3v) is 6.40. The Hall–Kier alpha value is -2.15. The molecule has 1 saturated heterocycles. The summed E-state index contributed by atoms with van der Waals surface area (Å²) >= 11 is 0. The van der Waals surface area contributed by atoms with Crippen LogP contribution in [0.15, 0.2) is 24.3 Å². The Morgan fingerprint density at radius 1 is 0.914 bits per heavy atom. The van der Waals surface area contributed by atoms with Gasteiger partial charge < -0.3 is 20.2 Å². The molecule has 200 valence electrons. The second kappa shape index (κ2) is 19.1. The zero-order valence-corrected chi connectivity index (χ0v) is 22.3. The molecule has 0 aromatic rings. The van der Waals surface area contributed by atoms with E-state index in [-0.39, 0.29) is 30.8 Å². The number of nitrogens with zero attached hydrogens (tertiary/aromatic N) is 2. The van der Waals surface area contributed by atoms with E-state index in [0.717, 1.165) is 44.9 Å². The fourth-order valence-corrected chi connectivity index (χ4v) is 4.31. The molecular formula is C28H49N3O4. The number of amides is 2. The molecule has 1 heterocycles. The molecule has 0 radical (unpaired) electrons. The Morgan fingerprint density at radius 3 is 2.17 bits per heavy atom. The Bertz CT molecular complexity index is 675. The van der Waals surface area contributed by atoms with E-state index in [2.05, 4.69) is 36.5 Å². The minimum atomic E-state index is -0.997. The van der Waals surface area contributed by atoms with E-state index in [4.69, 9.17) is 0 Å². The molecule has 2 atom stereocenters. The zero-order valence-electron chi connectivity index (χ0n) is 22.3. The monoisotopic (exact) mass is 491 g/mol. The topological polar surface area (TPSA) is 90.0 Å². The van der Waals surface area contributed by atoms with Crippen molar-refractivity contribution >= 4 is 17.8 Å². The summed E-state index contributed by atoms with van der Waals surface area (Å²) in [6.45, 7) is 3.14. The maximum Gasteiger partial charge on any atom is 0.326 e. The summed E-state index contributed by atoms with van der Waals surface area (Å²) in [4.78, 5) is 39.8. The van der Waals surface area contributed by atoms with Crippen molar-refractivity contribution in [2.24, 2.45) is 0 Å². The van der Waals surface area contributed by atoms with Gasteiger partial charge in [-0.3, -0.25) is 9.59 Å². The highest BCUT2D eigenvalue weighted by Crippen LogP contribution is 2.21. The van der Waals surface area contributed by atoms with E-state index in [1.165, 1.54) is 30.6 Å². The molecule has 1 aliphatic heterocycles. The molecule has 1 fully saturated rings. The average molecular weight is 492 g/mol. The summed E-state index contributed by atoms with van der Waals surface area (Å²) in [5, 5.41) is 12.4. The van der Waals surface area contributed by atoms with Gasteiger partial charge in [-0.25, -0.2) is 4.79 Å². The molecule has 0 bridgehead atoms. The van der Waals surface area contributed by atoms with Crippen LogP contribution < -0.4 is 5.32 Å². The number of carboxylic acids is 1. The van der Waals surface area contributed by atoms with Crippen molar-refractivity contribution in [3.63, 3.8) is 0 Å². The number of carbonyl (C=O) groups excluding carboxylic acids is 2. The van der Waals surface area contributed by atoms with Crippen molar-refractivity contribution in [1.82, 2.24) is 15.1 Å². The normalized spacial score (nSPS) is 18.2. The Labute approximate surface area is 213 Å². The molecule has 0 spiro atoms. The quantitative estimate of drug-likeness (QED) is 0.198. The van der Waals surface area contributed by atoms with E-state index in [1.807, 2.05) is 19.0 Å². The van der Waals surface area contributed by atoms with Gasteiger partial charge in [0.15, 0.2) is 0 Å². The van der Waals surface area contributed by atoms with Crippen LogP contribution in [0, 0.1) is 0 Å². The molecule has 0 unspecified atom stereocenters. The second-order valence-corrected chi connectivity index (χ2v) is 9.93. The number of rotatable bonds is 19. The van der Waals surface area contributed by atoms with Gasteiger partial charge in [-0.15, -0.1) is 0 Å². The van der Waals surface area contributed by atoms with E-state index in [9.17, 15) is 19.5 Å². The summed E-state index contributed by atoms with van der Waals surface area (Å²) < 4.78 is 0. The van der Waals surface area contributed by atoms with Gasteiger partial charge >= 0.3 is 5.97 Å². The number of carboxylic acid groups (broad SMARTS) is 1. The number of allylic oxidation sites excluding steroid dienone is 4. The van der Waals surface area contributed by atoms with Crippen LogP contribution in [-0.2, 0) is 14.4 Å². The van der Waals surface area contributed by atoms with Crippen LogP contribution in [0.25, 0.3) is 0 Å². The van der Waals surface area contributed by atoms with Crippen molar-refractivity contribution in [1.29, 1.82) is 0 Å². The lowest BCUT2D eigenvalue weighted by Gasteiger charge is -2.21. The predicted octanol–water partition coefficient (Wildman–Crippen LogP) is 4.92. The Kier molecular flexibility index (Phi) is 16.8. The number of hydrogen-bond acceptors (Lipinski definition) is 4. The fraction of sp³-hybridized carbons (Fsp3) is 0.750. The first-order valence-corrected chi connectivity index (χ1v) is 13.6. The van der Waals surface area contributed by atoms with Gasteiger partial charge in [-0.1, -0.05) is 63.3 Å². The summed E-state index contributed by atoms with van der Waals surface area (Å²) in [5.74, 6) is -1.22. The predicted molar refractivity (Wildman–Crippen MR) is 142 cm³/mol. The van der Waals surface area contributed by atoms with Crippen molar-refractivity contribution in [3.8, 4) is 0 Å². The first kappa shape index (κ1) is 30.9. The summed E-state index contributed by atoms with van der Waals surface area (Å²) in [6, 6.07) is -1.14. The van der Waals surface area contributed by atoms with E-state index in [1.54, 1.807) is 0 Å². The Balaban J connectivity index is 2.17. The number of unbranched alkanes of at least 4 members (excludes halogenated alkanes) is 8. The molecule has 2 N–H and O–H groups in total. The molecule has 0 aromatic carbocycles. The van der Waals surface area contributed by atoms with Crippen LogP contribution in [0.2, 0.25) is 0 Å². The van der Waals surface area contributed by atoms with Crippen molar-refractivity contribution in [3.05, 3.63) is 24.3 Å². The lowest BCUT2D eigenvalue weighted by atomic mass is 10.1. The van der Waals surface area contributed by atoms with Crippen LogP contribution in [0.4, 0.5) is 0 Å². The van der Waals surface area contributed by atoms with Gasteiger partial charge in [-0.2, -0.15) is 0 Å². The molecule has 1 aliphatic rings. The first-order chi connectivity index (χ1) is 16.8. The SMILES string of the molecule is CCCCC/C=C\C/C=C\CCCCCCCC(=O)N1C[C@H](NC(=O)CCN(C)C)C[C@H]1C(=O)O. The molecule has 0 aliphatic carbocycles. The largest absolute Gasteiger partial charge is 0.480 e. The highest BCUT2D eigenvalue weighted by Gasteiger charge is 2.39. The van der Waals surface area contributed by atoms with Crippen molar-refractivity contribution < 1.29 is 19.5 Å². The molecule has 2 amide bonds. The fourth-order valence-electron chi connectivity index (χ4n) is 4.31. The van der Waals surface area contributed by atoms with E-state index in [0.29, 0.717) is 19.4 Å². The van der Waals surface area contributed by atoms with Crippen LogP contribution in [0.1, 0.15) is 96.8 Å². The maximum absolute atomic E-state index is 12.7. The lowest BCUT2D eigenvalue weighted by molar-refractivity contribution is -0.148. The van der Waals surface area contributed by atoms with E-state index >= 15 is 0 Å². The number of likely N-dealkylation sites (tertiary alicyclic amines) is 1. The number of hydrogen-bond donors (Lipinski definition) is 2. The highest BCUT2D eigenvalue weighted by atomic mass is 16.4. The minimum Gasteiger partial charge on any atom is -0.480 e. The highest BCUT2D eigenvalue weighted by molar-refractivity contribution is 5.85. The zero-order chi connectivity index (χ0) is 25.9. The van der Waals surface area contributed by atoms with Gasteiger partial charge in [0.1, 0.15) is 6.04 Å².